The fourth-order valence-corrected chi connectivity index (χ4v) is 4.78. The molecular formula is C21H22N2O4S2. The van der Waals surface area contributed by atoms with Crippen LogP contribution in [0.4, 0.5) is 5.69 Å². The minimum Gasteiger partial charge on any atom is -0.280 e. The number of benzene rings is 3. The first-order valence-corrected chi connectivity index (χ1v) is 12.2. The predicted molar refractivity (Wildman–Crippen MR) is 114 cm³/mol. The number of aryl methyl sites for hydroxylation is 1. The summed E-state index contributed by atoms with van der Waals surface area (Å²) in [5, 5.41) is 0. The summed E-state index contributed by atoms with van der Waals surface area (Å²) >= 11 is 0. The highest BCUT2D eigenvalue weighted by Crippen LogP contribution is 2.16. The highest BCUT2D eigenvalue weighted by atomic mass is 32.2. The van der Waals surface area contributed by atoms with Crippen LogP contribution in [-0.2, 0) is 33.0 Å². The molecule has 0 fully saturated rings. The summed E-state index contributed by atoms with van der Waals surface area (Å²) in [6, 6.07) is 24.1. The van der Waals surface area contributed by atoms with Gasteiger partial charge < -0.3 is 0 Å². The molecule has 0 saturated heterocycles. The SMILES string of the molecule is O=S(=O)(CCc1ccccc1)NCc1ccc(NS(=O)(=O)c2ccccc2)cc1. The Balaban J connectivity index is 1.55. The lowest BCUT2D eigenvalue weighted by molar-refractivity contribution is 0.580. The van der Waals surface area contributed by atoms with Crippen LogP contribution >= 0.6 is 0 Å². The van der Waals surface area contributed by atoms with Gasteiger partial charge in [-0.25, -0.2) is 21.6 Å². The molecule has 0 aliphatic carbocycles. The molecule has 0 saturated carbocycles. The standard InChI is InChI=1S/C21H22N2O4S2/c24-28(25,16-15-18-7-3-1-4-8-18)22-17-19-11-13-20(14-12-19)23-29(26,27)21-9-5-2-6-10-21/h1-14,22-23H,15-17H2. The third-order valence-corrected chi connectivity index (χ3v) is 6.98. The van der Waals surface area contributed by atoms with Crippen LogP contribution in [0.25, 0.3) is 0 Å². The van der Waals surface area contributed by atoms with Crippen molar-refractivity contribution in [3.63, 3.8) is 0 Å². The summed E-state index contributed by atoms with van der Waals surface area (Å²) in [7, 11) is -7.07. The van der Waals surface area contributed by atoms with Gasteiger partial charge >= 0.3 is 0 Å². The number of nitrogens with one attached hydrogen (secondary N) is 2. The minimum absolute atomic E-state index is 0.00592. The third kappa shape index (κ3) is 6.42. The summed E-state index contributed by atoms with van der Waals surface area (Å²) < 4.78 is 54.1. The largest absolute Gasteiger partial charge is 0.280 e. The van der Waals surface area contributed by atoms with E-state index in [1.54, 1.807) is 42.5 Å². The number of anilines is 1. The van der Waals surface area contributed by atoms with E-state index in [1.165, 1.54) is 12.1 Å². The Morgan fingerprint density at radius 1 is 0.655 bits per heavy atom. The average Bonchev–Trinajstić information content (AvgIpc) is 2.73. The van der Waals surface area contributed by atoms with Gasteiger partial charge in [-0.1, -0.05) is 60.7 Å². The molecule has 0 spiro atoms. The van der Waals surface area contributed by atoms with Crippen molar-refractivity contribution in [2.24, 2.45) is 0 Å². The van der Waals surface area contributed by atoms with Crippen LogP contribution in [0.5, 0.6) is 0 Å². The van der Waals surface area contributed by atoms with Crippen LogP contribution < -0.4 is 9.44 Å². The maximum Gasteiger partial charge on any atom is 0.261 e. The van der Waals surface area contributed by atoms with E-state index >= 15 is 0 Å². The Hall–Kier alpha value is -2.68. The molecule has 2 N–H and O–H groups in total. The van der Waals surface area contributed by atoms with E-state index in [-0.39, 0.29) is 17.2 Å². The molecule has 0 heterocycles. The van der Waals surface area contributed by atoms with Crippen molar-refractivity contribution in [1.82, 2.24) is 4.72 Å². The lowest BCUT2D eigenvalue weighted by Crippen LogP contribution is -2.26. The molecule has 3 aromatic rings. The van der Waals surface area contributed by atoms with E-state index in [9.17, 15) is 16.8 Å². The van der Waals surface area contributed by atoms with Gasteiger partial charge in [0.2, 0.25) is 10.0 Å². The van der Waals surface area contributed by atoms with E-state index in [4.69, 9.17) is 0 Å². The lowest BCUT2D eigenvalue weighted by atomic mass is 10.2. The summed E-state index contributed by atoms with van der Waals surface area (Å²) in [6.45, 7) is 0.142. The van der Waals surface area contributed by atoms with Gasteiger partial charge in [-0.2, -0.15) is 0 Å². The molecule has 0 aliphatic rings. The molecule has 3 aromatic carbocycles. The zero-order valence-corrected chi connectivity index (χ0v) is 17.3. The van der Waals surface area contributed by atoms with Gasteiger partial charge in [0.05, 0.1) is 10.6 Å². The normalized spacial score (nSPS) is 11.9. The van der Waals surface area contributed by atoms with Gasteiger partial charge in [0.25, 0.3) is 10.0 Å². The molecule has 29 heavy (non-hydrogen) atoms. The van der Waals surface area contributed by atoms with E-state index < -0.39 is 20.0 Å². The van der Waals surface area contributed by atoms with Crippen molar-refractivity contribution in [2.75, 3.05) is 10.5 Å². The molecular weight excluding hydrogens is 408 g/mol. The number of hydrogen-bond donors (Lipinski definition) is 2. The van der Waals surface area contributed by atoms with E-state index in [0.717, 1.165) is 11.1 Å². The van der Waals surface area contributed by atoms with Crippen LogP contribution in [0.2, 0.25) is 0 Å². The van der Waals surface area contributed by atoms with Gasteiger partial charge in [-0.3, -0.25) is 4.72 Å². The van der Waals surface area contributed by atoms with Crippen molar-refractivity contribution in [3.8, 4) is 0 Å². The molecule has 0 radical (unpaired) electrons. The second-order valence-electron chi connectivity index (χ2n) is 6.49. The molecule has 0 unspecified atom stereocenters. The van der Waals surface area contributed by atoms with Crippen LogP contribution in [0, 0.1) is 0 Å². The van der Waals surface area contributed by atoms with E-state index in [2.05, 4.69) is 9.44 Å². The average molecular weight is 431 g/mol. The third-order valence-electron chi connectivity index (χ3n) is 4.26. The summed E-state index contributed by atoms with van der Waals surface area (Å²) in [4.78, 5) is 0.176. The van der Waals surface area contributed by atoms with Crippen molar-refractivity contribution in [1.29, 1.82) is 0 Å². The molecule has 152 valence electrons. The van der Waals surface area contributed by atoms with Gasteiger partial charge in [0.15, 0.2) is 0 Å². The van der Waals surface area contributed by atoms with E-state index in [0.29, 0.717) is 12.1 Å². The van der Waals surface area contributed by atoms with Crippen molar-refractivity contribution >= 4 is 25.7 Å². The van der Waals surface area contributed by atoms with Crippen molar-refractivity contribution < 1.29 is 16.8 Å². The number of rotatable bonds is 9. The first kappa shape index (κ1) is 21.0. The Labute approximate surface area is 171 Å². The fraction of sp³-hybridized carbons (Fsp3) is 0.143. The summed E-state index contributed by atoms with van der Waals surface area (Å²) in [6.07, 6.45) is 0.441. The Kier molecular flexibility index (Phi) is 6.68. The number of sulfonamides is 2. The van der Waals surface area contributed by atoms with Crippen molar-refractivity contribution in [3.05, 3.63) is 96.1 Å². The Morgan fingerprint density at radius 3 is 1.86 bits per heavy atom. The zero-order chi connectivity index (χ0) is 20.7. The molecule has 0 aliphatic heterocycles. The Morgan fingerprint density at radius 2 is 1.24 bits per heavy atom. The van der Waals surface area contributed by atoms with Gasteiger partial charge in [-0.15, -0.1) is 0 Å². The topological polar surface area (TPSA) is 92.3 Å². The van der Waals surface area contributed by atoms with Crippen LogP contribution in [0.3, 0.4) is 0 Å². The monoisotopic (exact) mass is 430 g/mol. The number of hydrogen-bond acceptors (Lipinski definition) is 4. The quantitative estimate of drug-likeness (QED) is 0.545. The summed E-state index contributed by atoms with van der Waals surface area (Å²) in [5.41, 5.74) is 2.11. The molecule has 3 rings (SSSR count). The van der Waals surface area contributed by atoms with Crippen LogP contribution in [0.15, 0.2) is 89.8 Å². The first-order valence-electron chi connectivity index (χ1n) is 9.02. The second-order valence-corrected chi connectivity index (χ2v) is 10.1. The predicted octanol–water partition coefficient (Wildman–Crippen LogP) is 3.15. The van der Waals surface area contributed by atoms with Crippen LogP contribution in [0.1, 0.15) is 11.1 Å². The molecule has 0 amide bonds. The lowest BCUT2D eigenvalue weighted by Gasteiger charge is -2.10. The smallest absolute Gasteiger partial charge is 0.261 e. The zero-order valence-electron chi connectivity index (χ0n) is 15.7. The highest BCUT2D eigenvalue weighted by molar-refractivity contribution is 7.92. The maximum atomic E-state index is 12.3. The maximum absolute atomic E-state index is 12.3. The second kappa shape index (κ2) is 9.21. The van der Waals surface area contributed by atoms with Crippen LogP contribution in [-0.4, -0.2) is 22.6 Å². The molecule has 0 bridgehead atoms. The van der Waals surface area contributed by atoms with Gasteiger partial charge in [0, 0.05) is 12.2 Å². The van der Waals surface area contributed by atoms with Gasteiger partial charge in [-0.05, 0) is 41.8 Å². The fourth-order valence-electron chi connectivity index (χ4n) is 2.67. The minimum atomic E-state index is -3.66. The van der Waals surface area contributed by atoms with E-state index in [1.807, 2.05) is 30.3 Å². The van der Waals surface area contributed by atoms with Gasteiger partial charge in [0.1, 0.15) is 0 Å². The highest BCUT2D eigenvalue weighted by Gasteiger charge is 2.14. The van der Waals surface area contributed by atoms with Crippen molar-refractivity contribution in [2.45, 2.75) is 17.9 Å². The Bertz CT molecular complexity index is 1130. The first-order chi connectivity index (χ1) is 13.8. The summed E-state index contributed by atoms with van der Waals surface area (Å²) in [5.74, 6) is 0.00592. The molecule has 6 nitrogen and oxygen atoms in total. The molecule has 0 atom stereocenters. The molecule has 0 aromatic heterocycles. The molecule has 8 heteroatoms.